The number of carbonyl (C=O) groups is 1. The standard InChI is InChI=1S/C14H22N2O2/c1-9(2)16-14(17)11(4)18-13-7-5-6-12(8-13)10(3)15/h5-11H,15H2,1-4H3,(H,16,17)/t10-,11?/m1/s1. The third-order valence-corrected chi connectivity index (χ3v) is 2.50. The van der Waals surface area contributed by atoms with Gasteiger partial charge in [-0.05, 0) is 45.4 Å². The molecule has 3 N–H and O–H groups in total. The second kappa shape index (κ2) is 6.40. The van der Waals surface area contributed by atoms with Gasteiger partial charge in [0.1, 0.15) is 5.75 Å². The van der Waals surface area contributed by atoms with E-state index in [1.54, 1.807) is 6.92 Å². The average Bonchev–Trinajstić information content (AvgIpc) is 2.28. The van der Waals surface area contributed by atoms with Gasteiger partial charge in [0.25, 0.3) is 5.91 Å². The van der Waals surface area contributed by atoms with Crippen molar-refractivity contribution in [3.8, 4) is 5.75 Å². The molecule has 0 aromatic heterocycles. The molecule has 4 heteroatoms. The van der Waals surface area contributed by atoms with Crippen LogP contribution in [0.5, 0.6) is 5.75 Å². The molecular formula is C14H22N2O2. The molecule has 2 atom stereocenters. The molecule has 0 bridgehead atoms. The molecule has 4 nitrogen and oxygen atoms in total. The number of hydrogen-bond donors (Lipinski definition) is 2. The lowest BCUT2D eigenvalue weighted by Gasteiger charge is -2.17. The molecular weight excluding hydrogens is 228 g/mol. The number of hydrogen-bond acceptors (Lipinski definition) is 3. The number of benzene rings is 1. The highest BCUT2D eigenvalue weighted by atomic mass is 16.5. The lowest BCUT2D eigenvalue weighted by atomic mass is 10.1. The van der Waals surface area contributed by atoms with Crippen LogP contribution in [-0.2, 0) is 4.79 Å². The van der Waals surface area contributed by atoms with E-state index in [2.05, 4.69) is 5.32 Å². The van der Waals surface area contributed by atoms with Gasteiger partial charge >= 0.3 is 0 Å². The zero-order chi connectivity index (χ0) is 13.7. The molecule has 1 amide bonds. The third-order valence-electron chi connectivity index (χ3n) is 2.50. The first-order valence-electron chi connectivity index (χ1n) is 6.22. The van der Waals surface area contributed by atoms with Gasteiger partial charge in [-0.3, -0.25) is 4.79 Å². The van der Waals surface area contributed by atoms with E-state index in [9.17, 15) is 4.79 Å². The smallest absolute Gasteiger partial charge is 0.260 e. The van der Waals surface area contributed by atoms with E-state index >= 15 is 0 Å². The van der Waals surface area contributed by atoms with Crippen LogP contribution in [0, 0.1) is 0 Å². The van der Waals surface area contributed by atoms with Crippen molar-refractivity contribution in [2.45, 2.75) is 45.9 Å². The van der Waals surface area contributed by atoms with Gasteiger partial charge < -0.3 is 15.8 Å². The Hall–Kier alpha value is -1.55. The number of amides is 1. The average molecular weight is 250 g/mol. The van der Waals surface area contributed by atoms with Gasteiger partial charge in [-0.15, -0.1) is 0 Å². The fourth-order valence-electron chi connectivity index (χ4n) is 1.53. The first-order chi connectivity index (χ1) is 8.40. The van der Waals surface area contributed by atoms with Crippen molar-refractivity contribution >= 4 is 5.91 Å². The van der Waals surface area contributed by atoms with E-state index in [1.807, 2.05) is 45.0 Å². The van der Waals surface area contributed by atoms with Gasteiger partial charge in [-0.25, -0.2) is 0 Å². The summed E-state index contributed by atoms with van der Waals surface area (Å²) >= 11 is 0. The Morgan fingerprint density at radius 2 is 1.94 bits per heavy atom. The van der Waals surface area contributed by atoms with E-state index in [-0.39, 0.29) is 18.0 Å². The van der Waals surface area contributed by atoms with Crippen LogP contribution in [-0.4, -0.2) is 18.1 Å². The molecule has 18 heavy (non-hydrogen) atoms. The number of rotatable bonds is 5. The number of nitrogens with two attached hydrogens (primary N) is 1. The maximum absolute atomic E-state index is 11.7. The highest BCUT2D eigenvalue weighted by Crippen LogP contribution is 2.18. The normalized spacial score (nSPS) is 14.1. The SMILES string of the molecule is CC(C)NC(=O)C(C)Oc1cccc([C@@H](C)N)c1. The summed E-state index contributed by atoms with van der Waals surface area (Å²) in [6.07, 6.45) is -0.518. The predicted molar refractivity (Wildman–Crippen MR) is 72.4 cm³/mol. The molecule has 0 saturated heterocycles. The number of nitrogens with one attached hydrogen (secondary N) is 1. The van der Waals surface area contributed by atoms with Crippen molar-refractivity contribution in [1.82, 2.24) is 5.32 Å². The zero-order valence-electron chi connectivity index (χ0n) is 11.4. The molecule has 1 aromatic rings. The Balaban J connectivity index is 2.66. The summed E-state index contributed by atoms with van der Waals surface area (Å²) in [7, 11) is 0. The van der Waals surface area contributed by atoms with Crippen molar-refractivity contribution in [1.29, 1.82) is 0 Å². The van der Waals surface area contributed by atoms with E-state index in [0.29, 0.717) is 5.75 Å². The van der Waals surface area contributed by atoms with Crippen molar-refractivity contribution in [2.75, 3.05) is 0 Å². The first-order valence-corrected chi connectivity index (χ1v) is 6.22. The quantitative estimate of drug-likeness (QED) is 0.840. The Kier molecular flexibility index (Phi) is 5.16. The van der Waals surface area contributed by atoms with Crippen LogP contribution >= 0.6 is 0 Å². The maximum atomic E-state index is 11.7. The van der Waals surface area contributed by atoms with Crippen LogP contribution in [0.25, 0.3) is 0 Å². The van der Waals surface area contributed by atoms with E-state index in [1.165, 1.54) is 0 Å². The summed E-state index contributed by atoms with van der Waals surface area (Å²) in [4.78, 5) is 11.7. The van der Waals surface area contributed by atoms with Gasteiger partial charge in [0.05, 0.1) is 0 Å². The molecule has 0 saturated carbocycles. The minimum atomic E-state index is -0.518. The van der Waals surface area contributed by atoms with Crippen LogP contribution in [0.3, 0.4) is 0 Å². The zero-order valence-corrected chi connectivity index (χ0v) is 11.4. The molecule has 100 valence electrons. The Bertz CT molecular complexity index is 403. The molecule has 1 rings (SSSR count). The Morgan fingerprint density at radius 3 is 2.50 bits per heavy atom. The highest BCUT2D eigenvalue weighted by molar-refractivity contribution is 5.80. The summed E-state index contributed by atoms with van der Waals surface area (Å²) in [5.41, 5.74) is 6.79. The van der Waals surface area contributed by atoms with E-state index in [4.69, 9.17) is 10.5 Å². The van der Waals surface area contributed by atoms with Crippen LogP contribution in [0.15, 0.2) is 24.3 Å². The van der Waals surface area contributed by atoms with Gasteiger partial charge in [0.2, 0.25) is 0 Å². The molecule has 0 aliphatic rings. The molecule has 0 radical (unpaired) electrons. The van der Waals surface area contributed by atoms with Crippen molar-refractivity contribution in [3.63, 3.8) is 0 Å². The summed E-state index contributed by atoms with van der Waals surface area (Å²) < 4.78 is 5.60. The van der Waals surface area contributed by atoms with Crippen molar-refractivity contribution in [3.05, 3.63) is 29.8 Å². The third kappa shape index (κ3) is 4.37. The molecule has 1 unspecified atom stereocenters. The van der Waals surface area contributed by atoms with Gasteiger partial charge in [-0.2, -0.15) is 0 Å². The fourth-order valence-corrected chi connectivity index (χ4v) is 1.53. The minimum Gasteiger partial charge on any atom is -0.481 e. The molecule has 0 spiro atoms. The van der Waals surface area contributed by atoms with Gasteiger partial charge in [0, 0.05) is 12.1 Å². The predicted octanol–water partition coefficient (Wildman–Crippen LogP) is 2.00. The molecule has 0 heterocycles. The first kappa shape index (κ1) is 14.5. The summed E-state index contributed by atoms with van der Waals surface area (Å²) in [5, 5.41) is 2.81. The molecule has 1 aromatic carbocycles. The molecule has 0 aliphatic heterocycles. The van der Waals surface area contributed by atoms with Crippen molar-refractivity contribution < 1.29 is 9.53 Å². The topological polar surface area (TPSA) is 64.3 Å². The van der Waals surface area contributed by atoms with Crippen LogP contribution < -0.4 is 15.8 Å². The molecule has 0 aliphatic carbocycles. The summed E-state index contributed by atoms with van der Waals surface area (Å²) in [6, 6.07) is 7.57. The van der Waals surface area contributed by atoms with Crippen molar-refractivity contribution in [2.24, 2.45) is 5.73 Å². The second-order valence-corrected chi connectivity index (χ2v) is 4.78. The lowest BCUT2D eigenvalue weighted by molar-refractivity contribution is -0.127. The summed E-state index contributed by atoms with van der Waals surface area (Å²) in [5.74, 6) is 0.549. The molecule has 0 fully saturated rings. The van der Waals surface area contributed by atoms with Crippen LogP contribution in [0.4, 0.5) is 0 Å². The van der Waals surface area contributed by atoms with Crippen LogP contribution in [0.1, 0.15) is 39.3 Å². The summed E-state index contributed by atoms with van der Waals surface area (Å²) in [6.45, 7) is 7.48. The van der Waals surface area contributed by atoms with E-state index in [0.717, 1.165) is 5.56 Å². The minimum absolute atomic E-state index is 0.0478. The highest BCUT2D eigenvalue weighted by Gasteiger charge is 2.15. The second-order valence-electron chi connectivity index (χ2n) is 4.78. The van der Waals surface area contributed by atoms with Gasteiger partial charge in [-0.1, -0.05) is 12.1 Å². The number of carbonyl (C=O) groups excluding carboxylic acids is 1. The monoisotopic (exact) mass is 250 g/mol. The largest absolute Gasteiger partial charge is 0.481 e. The Morgan fingerprint density at radius 1 is 1.28 bits per heavy atom. The fraction of sp³-hybridized carbons (Fsp3) is 0.500. The van der Waals surface area contributed by atoms with E-state index < -0.39 is 6.10 Å². The lowest BCUT2D eigenvalue weighted by Crippen LogP contribution is -2.40. The van der Waals surface area contributed by atoms with Crippen LogP contribution in [0.2, 0.25) is 0 Å². The van der Waals surface area contributed by atoms with Gasteiger partial charge in [0.15, 0.2) is 6.10 Å². The number of ether oxygens (including phenoxy) is 1. The Labute approximate surface area is 109 Å². The maximum Gasteiger partial charge on any atom is 0.260 e.